The Morgan fingerprint density at radius 1 is 1.07 bits per heavy atom. The normalized spacial score (nSPS) is 14.5. The van der Waals surface area contributed by atoms with Crippen molar-refractivity contribution in [1.82, 2.24) is 0 Å². The molecular weight excluding hydrogens is 406 g/mol. The highest BCUT2D eigenvalue weighted by Gasteiger charge is 2.22. The van der Waals surface area contributed by atoms with Gasteiger partial charge in [0.15, 0.2) is 0 Å². The van der Waals surface area contributed by atoms with E-state index in [0.29, 0.717) is 19.7 Å². The Morgan fingerprint density at radius 2 is 1.73 bits per heavy atom. The maximum Gasteiger partial charge on any atom is 0.337 e. The molecule has 0 unspecified atom stereocenters. The van der Waals surface area contributed by atoms with Gasteiger partial charge in [-0.05, 0) is 44.2 Å². The number of ether oxygens (including phenoxy) is 1. The van der Waals surface area contributed by atoms with Crippen LogP contribution in [-0.4, -0.2) is 58.0 Å². The van der Waals surface area contributed by atoms with Gasteiger partial charge in [0.2, 0.25) is 10.0 Å². The fourth-order valence-electron chi connectivity index (χ4n) is 3.44. The van der Waals surface area contributed by atoms with Crippen molar-refractivity contribution in [2.45, 2.75) is 13.8 Å². The molecule has 3 rings (SSSR count). The summed E-state index contributed by atoms with van der Waals surface area (Å²) >= 11 is 0. The Bertz CT molecular complexity index is 1000. The van der Waals surface area contributed by atoms with Gasteiger partial charge < -0.3 is 19.6 Å². The molecule has 1 heterocycles. The Hall–Kier alpha value is -2.94. The third-order valence-corrected chi connectivity index (χ3v) is 6.32. The number of nitrogens with one attached hydrogen (secondary N) is 1. The highest BCUT2D eigenvalue weighted by atomic mass is 32.2. The first kappa shape index (κ1) is 21.8. The second kappa shape index (κ2) is 9.25. The predicted octanol–water partition coefficient (Wildman–Crippen LogP) is 2.87. The summed E-state index contributed by atoms with van der Waals surface area (Å²) in [6.07, 6.45) is 0. The number of anilines is 3. The molecule has 0 amide bonds. The molecule has 2 aromatic carbocycles. The van der Waals surface area contributed by atoms with Crippen molar-refractivity contribution >= 4 is 33.1 Å². The number of nitrogens with zero attached hydrogens (tertiary/aromatic N) is 2. The van der Waals surface area contributed by atoms with E-state index in [4.69, 9.17) is 4.74 Å². The highest BCUT2D eigenvalue weighted by molar-refractivity contribution is 7.92. The second-order valence-electron chi connectivity index (χ2n) is 6.92. The Labute approximate surface area is 177 Å². The molecule has 8 nitrogen and oxygen atoms in total. The third-order valence-electron chi connectivity index (χ3n) is 5.03. The van der Waals surface area contributed by atoms with Gasteiger partial charge in [0.1, 0.15) is 5.75 Å². The quantitative estimate of drug-likeness (QED) is 0.660. The summed E-state index contributed by atoms with van der Waals surface area (Å²) in [5.41, 5.74) is 1.82. The molecule has 30 heavy (non-hydrogen) atoms. The smallest absolute Gasteiger partial charge is 0.337 e. The number of aromatic carboxylic acids is 1. The molecule has 0 bridgehead atoms. The van der Waals surface area contributed by atoms with Crippen LogP contribution in [0, 0.1) is 0 Å². The van der Waals surface area contributed by atoms with Crippen molar-refractivity contribution in [2.75, 3.05) is 53.1 Å². The molecule has 9 heteroatoms. The fraction of sp³-hybridized carbons (Fsp3) is 0.381. The van der Waals surface area contributed by atoms with Crippen LogP contribution < -0.4 is 19.3 Å². The van der Waals surface area contributed by atoms with Gasteiger partial charge in [-0.25, -0.2) is 13.2 Å². The average molecular weight is 434 g/mol. The van der Waals surface area contributed by atoms with Crippen molar-refractivity contribution in [3.8, 4) is 5.75 Å². The number of para-hydroxylation sites is 2. The standard InChI is InChI=1S/C21H27N3O5S/c1-3-29-20-8-6-5-7-19(20)24-13-11-23(12-14-24)16-9-10-18(17(15-16)21(25)26)22-30(27,28)4-2/h5-10,15,22H,3-4,11-14H2,1-2H3,(H,25,26). The van der Waals surface area contributed by atoms with Crippen molar-refractivity contribution in [3.05, 3.63) is 48.0 Å². The minimum atomic E-state index is -3.56. The highest BCUT2D eigenvalue weighted by Crippen LogP contribution is 2.30. The lowest BCUT2D eigenvalue weighted by Crippen LogP contribution is -2.46. The fourth-order valence-corrected chi connectivity index (χ4v) is 4.09. The van der Waals surface area contributed by atoms with Gasteiger partial charge in [0, 0.05) is 31.9 Å². The zero-order chi connectivity index (χ0) is 21.7. The Morgan fingerprint density at radius 3 is 2.37 bits per heavy atom. The van der Waals surface area contributed by atoms with E-state index in [1.807, 2.05) is 31.2 Å². The van der Waals surface area contributed by atoms with Crippen LogP contribution in [0.2, 0.25) is 0 Å². The van der Waals surface area contributed by atoms with Gasteiger partial charge in [0.05, 0.1) is 29.3 Å². The largest absolute Gasteiger partial charge is 0.492 e. The van der Waals surface area contributed by atoms with Gasteiger partial charge in [-0.1, -0.05) is 12.1 Å². The number of sulfonamides is 1. The SMILES string of the molecule is CCOc1ccccc1N1CCN(c2ccc(NS(=O)(=O)CC)c(C(=O)O)c2)CC1. The van der Waals surface area contributed by atoms with Crippen molar-refractivity contribution in [2.24, 2.45) is 0 Å². The van der Waals surface area contributed by atoms with Crippen LogP contribution in [0.5, 0.6) is 5.75 Å². The molecule has 1 aliphatic rings. The number of carboxylic acid groups (broad SMARTS) is 1. The van der Waals surface area contributed by atoms with E-state index < -0.39 is 16.0 Å². The minimum absolute atomic E-state index is 0.0614. The molecular formula is C21H27N3O5S. The van der Waals surface area contributed by atoms with Crippen LogP contribution in [-0.2, 0) is 10.0 Å². The van der Waals surface area contributed by atoms with Crippen LogP contribution in [0.1, 0.15) is 24.2 Å². The van der Waals surface area contributed by atoms with Gasteiger partial charge >= 0.3 is 5.97 Å². The van der Waals surface area contributed by atoms with Gasteiger partial charge in [-0.2, -0.15) is 0 Å². The van der Waals surface area contributed by atoms with Gasteiger partial charge in [0.25, 0.3) is 0 Å². The van der Waals surface area contributed by atoms with E-state index in [1.165, 1.54) is 19.1 Å². The van der Waals surface area contributed by atoms with E-state index in [2.05, 4.69) is 14.5 Å². The minimum Gasteiger partial charge on any atom is -0.492 e. The molecule has 1 aliphatic heterocycles. The monoisotopic (exact) mass is 433 g/mol. The number of rotatable bonds is 8. The summed E-state index contributed by atoms with van der Waals surface area (Å²) < 4.78 is 31.8. The summed E-state index contributed by atoms with van der Waals surface area (Å²) in [6, 6.07) is 12.7. The van der Waals surface area contributed by atoms with Gasteiger partial charge in [-0.3, -0.25) is 4.72 Å². The second-order valence-corrected chi connectivity index (χ2v) is 8.93. The average Bonchev–Trinajstić information content (AvgIpc) is 2.74. The summed E-state index contributed by atoms with van der Waals surface area (Å²) in [5, 5.41) is 9.55. The molecule has 0 atom stereocenters. The van der Waals surface area contributed by atoms with Crippen LogP contribution in [0.25, 0.3) is 0 Å². The first-order valence-corrected chi connectivity index (χ1v) is 11.6. The lowest BCUT2D eigenvalue weighted by atomic mass is 10.1. The van der Waals surface area contributed by atoms with Crippen molar-refractivity contribution < 1.29 is 23.1 Å². The predicted molar refractivity (Wildman–Crippen MR) is 119 cm³/mol. The summed E-state index contributed by atoms with van der Waals surface area (Å²) in [6.45, 7) is 6.99. The lowest BCUT2D eigenvalue weighted by molar-refractivity contribution is 0.0698. The number of hydrogen-bond donors (Lipinski definition) is 2. The van der Waals surface area contributed by atoms with E-state index in [1.54, 1.807) is 6.07 Å². The topological polar surface area (TPSA) is 99.2 Å². The number of carbonyl (C=O) groups is 1. The maximum atomic E-state index is 11.8. The summed E-state index contributed by atoms with van der Waals surface area (Å²) in [7, 11) is -3.56. The Balaban J connectivity index is 1.76. The lowest BCUT2D eigenvalue weighted by Gasteiger charge is -2.38. The van der Waals surface area contributed by atoms with Crippen LogP contribution in [0.4, 0.5) is 17.1 Å². The molecule has 2 aromatic rings. The van der Waals surface area contributed by atoms with E-state index in [-0.39, 0.29) is 17.0 Å². The summed E-state index contributed by atoms with van der Waals surface area (Å²) in [5.74, 6) is -0.442. The zero-order valence-electron chi connectivity index (χ0n) is 17.2. The molecule has 0 spiro atoms. The molecule has 1 fully saturated rings. The van der Waals surface area contributed by atoms with Crippen molar-refractivity contribution in [3.63, 3.8) is 0 Å². The van der Waals surface area contributed by atoms with Crippen LogP contribution in [0.15, 0.2) is 42.5 Å². The van der Waals surface area contributed by atoms with Gasteiger partial charge in [-0.15, -0.1) is 0 Å². The van der Waals surface area contributed by atoms with E-state index >= 15 is 0 Å². The third kappa shape index (κ3) is 4.96. The number of hydrogen-bond acceptors (Lipinski definition) is 6. The summed E-state index contributed by atoms with van der Waals surface area (Å²) in [4.78, 5) is 16.0. The molecule has 0 radical (unpaired) electrons. The zero-order valence-corrected chi connectivity index (χ0v) is 18.0. The first-order chi connectivity index (χ1) is 14.3. The molecule has 2 N–H and O–H groups in total. The van der Waals surface area contributed by atoms with Crippen LogP contribution >= 0.6 is 0 Å². The van der Waals surface area contributed by atoms with Crippen LogP contribution in [0.3, 0.4) is 0 Å². The molecule has 0 saturated carbocycles. The molecule has 0 aliphatic carbocycles. The van der Waals surface area contributed by atoms with Crippen molar-refractivity contribution in [1.29, 1.82) is 0 Å². The Kier molecular flexibility index (Phi) is 6.71. The number of carboxylic acids is 1. The molecule has 0 aromatic heterocycles. The maximum absolute atomic E-state index is 11.8. The molecule has 1 saturated heterocycles. The number of benzene rings is 2. The number of piperazine rings is 1. The first-order valence-electron chi connectivity index (χ1n) is 9.94. The van der Waals surface area contributed by atoms with E-state index in [0.717, 1.165) is 30.2 Å². The van der Waals surface area contributed by atoms with E-state index in [9.17, 15) is 18.3 Å². The molecule has 162 valence electrons.